The Balaban J connectivity index is 2.32. The number of aryl methyl sites for hydroxylation is 1. The van der Waals surface area contributed by atoms with E-state index in [1.165, 1.54) is 30.4 Å². The van der Waals surface area contributed by atoms with Crippen molar-refractivity contribution in [2.45, 2.75) is 65.2 Å². The molecule has 0 heterocycles. The molecule has 0 radical (unpaired) electrons. The molecule has 2 atom stereocenters. The molecule has 0 aromatic heterocycles. The summed E-state index contributed by atoms with van der Waals surface area (Å²) in [5.74, 6) is 1.73. The molecule has 0 nitrogen and oxygen atoms in total. The first-order chi connectivity index (χ1) is 7.86. The molecule has 1 saturated carbocycles. The van der Waals surface area contributed by atoms with E-state index in [9.17, 15) is 0 Å². The molecule has 0 aliphatic heterocycles. The first kappa shape index (κ1) is 12.7. The lowest BCUT2D eigenvalue weighted by Crippen LogP contribution is -2.12. The van der Waals surface area contributed by atoms with E-state index in [-0.39, 0.29) is 5.41 Å². The Kier molecular flexibility index (Phi) is 3.34. The number of hydrogen-bond donors (Lipinski definition) is 0. The largest absolute Gasteiger partial charge is 0.0625 e. The molecule has 0 bridgehead atoms. The smallest absolute Gasteiger partial charge is 0.0132 e. The van der Waals surface area contributed by atoms with Gasteiger partial charge in [-0.15, -0.1) is 0 Å². The van der Waals surface area contributed by atoms with E-state index in [2.05, 4.69) is 52.8 Å². The van der Waals surface area contributed by atoms with Gasteiger partial charge in [0.2, 0.25) is 0 Å². The SMILES string of the molecule is Cc1cc(C2CCC(C)C2)cc(C(C)(C)C)c1. The van der Waals surface area contributed by atoms with Crippen LogP contribution in [-0.4, -0.2) is 0 Å². The van der Waals surface area contributed by atoms with Crippen molar-refractivity contribution in [1.82, 2.24) is 0 Å². The maximum atomic E-state index is 2.45. The second kappa shape index (κ2) is 4.48. The Hall–Kier alpha value is -0.780. The summed E-state index contributed by atoms with van der Waals surface area (Å²) in [5.41, 5.74) is 4.77. The van der Waals surface area contributed by atoms with Crippen LogP contribution in [0, 0.1) is 12.8 Å². The van der Waals surface area contributed by atoms with Crippen molar-refractivity contribution in [1.29, 1.82) is 0 Å². The second-order valence-corrected chi connectivity index (χ2v) is 7.00. The molecule has 0 saturated heterocycles. The van der Waals surface area contributed by atoms with Crippen molar-refractivity contribution in [3.05, 3.63) is 34.9 Å². The molecule has 1 aliphatic rings. The Morgan fingerprint density at radius 3 is 2.29 bits per heavy atom. The van der Waals surface area contributed by atoms with Crippen LogP contribution in [0.5, 0.6) is 0 Å². The molecular weight excluding hydrogens is 204 g/mol. The highest BCUT2D eigenvalue weighted by molar-refractivity contribution is 5.35. The van der Waals surface area contributed by atoms with E-state index in [1.54, 1.807) is 5.56 Å². The van der Waals surface area contributed by atoms with Gasteiger partial charge in [-0.2, -0.15) is 0 Å². The summed E-state index contributed by atoms with van der Waals surface area (Å²) in [5, 5.41) is 0. The standard InChI is InChI=1S/C17H26/c1-12-6-7-14(8-12)15-9-13(2)10-16(11-15)17(3,4)5/h9-12,14H,6-8H2,1-5H3. The summed E-state index contributed by atoms with van der Waals surface area (Å²) in [6.45, 7) is 11.5. The van der Waals surface area contributed by atoms with Crippen molar-refractivity contribution in [2.75, 3.05) is 0 Å². The lowest BCUT2D eigenvalue weighted by molar-refractivity contribution is 0.581. The zero-order valence-electron chi connectivity index (χ0n) is 12.0. The van der Waals surface area contributed by atoms with Gasteiger partial charge in [0.25, 0.3) is 0 Å². The van der Waals surface area contributed by atoms with E-state index in [4.69, 9.17) is 0 Å². The van der Waals surface area contributed by atoms with Crippen LogP contribution in [-0.2, 0) is 5.41 Å². The molecule has 0 N–H and O–H groups in total. The number of hydrogen-bond acceptors (Lipinski definition) is 0. The minimum absolute atomic E-state index is 0.269. The maximum Gasteiger partial charge on any atom is -0.0132 e. The van der Waals surface area contributed by atoms with Gasteiger partial charge in [0, 0.05) is 0 Å². The van der Waals surface area contributed by atoms with E-state index >= 15 is 0 Å². The van der Waals surface area contributed by atoms with Gasteiger partial charge in [-0.05, 0) is 48.1 Å². The Bertz CT molecular complexity index is 395. The van der Waals surface area contributed by atoms with Crippen molar-refractivity contribution in [3.8, 4) is 0 Å². The molecule has 1 aromatic carbocycles. The third-order valence-electron chi connectivity index (χ3n) is 4.13. The fourth-order valence-electron chi connectivity index (χ4n) is 2.99. The summed E-state index contributed by atoms with van der Waals surface area (Å²) in [6.07, 6.45) is 4.17. The highest BCUT2D eigenvalue weighted by Gasteiger charge is 2.24. The van der Waals surface area contributed by atoms with Crippen LogP contribution >= 0.6 is 0 Å². The average Bonchev–Trinajstić information content (AvgIpc) is 2.62. The van der Waals surface area contributed by atoms with Crippen molar-refractivity contribution in [2.24, 2.45) is 5.92 Å². The molecular formula is C17H26. The van der Waals surface area contributed by atoms with Crippen LogP contribution in [0.25, 0.3) is 0 Å². The quantitative estimate of drug-likeness (QED) is 0.622. The van der Waals surface area contributed by atoms with Crippen LogP contribution in [0.15, 0.2) is 18.2 Å². The fraction of sp³-hybridized carbons (Fsp3) is 0.647. The minimum atomic E-state index is 0.269. The zero-order valence-corrected chi connectivity index (χ0v) is 12.0. The maximum absolute atomic E-state index is 2.45. The van der Waals surface area contributed by atoms with E-state index in [0.717, 1.165) is 11.8 Å². The van der Waals surface area contributed by atoms with Gasteiger partial charge in [0.1, 0.15) is 0 Å². The van der Waals surface area contributed by atoms with Gasteiger partial charge < -0.3 is 0 Å². The Morgan fingerprint density at radius 2 is 1.76 bits per heavy atom. The van der Waals surface area contributed by atoms with E-state index in [0.29, 0.717) is 0 Å². The summed E-state index contributed by atoms with van der Waals surface area (Å²) in [7, 11) is 0. The highest BCUT2D eigenvalue weighted by atomic mass is 14.3. The molecule has 0 spiro atoms. The van der Waals surface area contributed by atoms with Crippen LogP contribution in [0.4, 0.5) is 0 Å². The number of benzene rings is 1. The van der Waals surface area contributed by atoms with E-state index in [1.807, 2.05) is 0 Å². The van der Waals surface area contributed by atoms with Gasteiger partial charge in [-0.3, -0.25) is 0 Å². The fourth-order valence-corrected chi connectivity index (χ4v) is 2.99. The highest BCUT2D eigenvalue weighted by Crippen LogP contribution is 2.39. The summed E-state index contributed by atoms with van der Waals surface area (Å²) < 4.78 is 0. The lowest BCUT2D eigenvalue weighted by atomic mass is 9.83. The Labute approximate surface area is 106 Å². The van der Waals surface area contributed by atoms with Crippen molar-refractivity contribution < 1.29 is 0 Å². The molecule has 1 aliphatic carbocycles. The van der Waals surface area contributed by atoms with Gasteiger partial charge in [0.05, 0.1) is 0 Å². The van der Waals surface area contributed by atoms with Crippen molar-refractivity contribution in [3.63, 3.8) is 0 Å². The first-order valence-corrected chi connectivity index (χ1v) is 6.98. The normalized spacial score (nSPS) is 25.2. The predicted molar refractivity (Wildman–Crippen MR) is 75.6 cm³/mol. The predicted octanol–water partition coefficient (Wildman–Crippen LogP) is 5.20. The molecule has 2 rings (SSSR count). The minimum Gasteiger partial charge on any atom is -0.0625 e. The summed E-state index contributed by atoms with van der Waals surface area (Å²) in [4.78, 5) is 0. The molecule has 0 amide bonds. The Morgan fingerprint density at radius 1 is 1.06 bits per heavy atom. The molecule has 1 fully saturated rings. The monoisotopic (exact) mass is 230 g/mol. The molecule has 1 aromatic rings. The lowest BCUT2D eigenvalue weighted by Gasteiger charge is -2.22. The van der Waals surface area contributed by atoms with Crippen LogP contribution in [0.1, 0.15) is 69.6 Å². The number of rotatable bonds is 1. The molecule has 0 heteroatoms. The van der Waals surface area contributed by atoms with Crippen LogP contribution < -0.4 is 0 Å². The second-order valence-electron chi connectivity index (χ2n) is 7.00. The average molecular weight is 230 g/mol. The zero-order chi connectivity index (χ0) is 12.6. The van der Waals surface area contributed by atoms with Crippen LogP contribution in [0.3, 0.4) is 0 Å². The van der Waals surface area contributed by atoms with Gasteiger partial charge in [0.15, 0.2) is 0 Å². The van der Waals surface area contributed by atoms with Crippen molar-refractivity contribution >= 4 is 0 Å². The molecule has 17 heavy (non-hydrogen) atoms. The van der Waals surface area contributed by atoms with Crippen LogP contribution in [0.2, 0.25) is 0 Å². The van der Waals surface area contributed by atoms with Gasteiger partial charge >= 0.3 is 0 Å². The van der Waals surface area contributed by atoms with E-state index < -0.39 is 0 Å². The third kappa shape index (κ3) is 2.91. The summed E-state index contributed by atoms with van der Waals surface area (Å²) in [6, 6.07) is 7.20. The molecule has 94 valence electrons. The first-order valence-electron chi connectivity index (χ1n) is 6.98. The third-order valence-corrected chi connectivity index (χ3v) is 4.13. The topological polar surface area (TPSA) is 0 Å². The summed E-state index contributed by atoms with van der Waals surface area (Å²) >= 11 is 0. The molecule has 2 unspecified atom stereocenters. The van der Waals surface area contributed by atoms with Gasteiger partial charge in [-0.25, -0.2) is 0 Å². The van der Waals surface area contributed by atoms with Gasteiger partial charge in [-0.1, -0.05) is 57.9 Å².